The third-order valence-corrected chi connectivity index (χ3v) is 3.28. The van der Waals surface area contributed by atoms with Crippen LogP contribution in [-0.4, -0.2) is 17.9 Å². The molecule has 0 saturated carbocycles. The van der Waals surface area contributed by atoms with Gasteiger partial charge in [-0.1, -0.05) is 49.4 Å². The second-order valence-electron chi connectivity index (χ2n) is 4.92. The number of thiocarbonyl (C=S) groups is 1. The van der Waals surface area contributed by atoms with Crippen molar-refractivity contribution in [3.63, 3.8) is 0 Å². The first kappa shape index (κ1) is 17.0. The molecule has 0 bridgehead atoms. The summed E-state index contributed by atoms with van der Waals surface area (Å²) < 4.78 is 5.68. The highest BCUT2D eigenvalue weighted by Gasteiger charge is 2.00. The summed E-state index contributed by atoms with van der Waals surface area (Å²) in [6, 6.07) is 17.9. The van der Waals surface area contributed by atoms with Crippen LogP contribution in [0.3, 0.4) is 0 Å². The molecule has 23 heavy (non-hydrogen) atoms. The smallest absolute Gasteiger partial charge is 0.187 e. The Hall–Kier alpha value is -2.40. The average Bonchev–Trinajstić information content (AvgIpc) is 2.60. The summed E-state index contributed by atoms with van der Waals surface area (Å²) in [7, 11) is 0. The van der Waals surface area contributed by atoms with Gasteiger partial charge in [0.05, 0.1) is 12.8 Å². The summed E-state index contributed by atoms with van der Waals surface area (Å²) in [5.41, 5.74) is 4.90. The standard InChI is InChI=1S/C18H21N3OS/c1-2-12-22-17-11-7-6-10-16(17)14-20-21-18(23)19-13-15-8-4-3-5-9-15/h3-11,14H,2,12-13H2,1H3,(H2,19,21,23)/b20-14-. The normalized spacial score (nSPS) is 10.5. The van der Waals surface area contributed by atoms with Gasteiger partial charge >= 0.3 is 0 Å². The molecule has 2 N–H and O–H groups in total. The lowest BCUT2D eigenvalue weighted by molar-refractivity contribution is 0.317. The van der Waals surface area contributed by atoms with Crippen molar-refractivity contribution in [1.29, 1.82) is 0 Å². The van der Waals surface area contributed by atoms with Crippen LogP contribution in [-0.2, 0) is 6.54 Å². The quantitative estimate of drug-likeness (QED) is 0.464. The monoisotopic (exact) mass is 327 g/mol. The van der Waals surface area contributed by atoms with Crippen LogP contribution in [0.2, 0.25) is 0 Å². The lowest BCUT2D eigenvalue weighted by Gasteiger charge is -2.08. The van der Waals surface area contributed by atoms with Crippen molar-refractivity contribution in [3.05, 3.63) is 65.7 Å². The Balaban J connectivity index is 1.83. The van der Waals surface area contributed by atoms with Gasteiger partial charge in [0.1, 0.15) is 5.75 Å². The Bertz CT molecular complexity index is 644. The van der Waals surface area contributed by atoms with E-state index in [1.165, 1.54) is 5.56 Å². The van der Waals surface area contributed by atoms with E-state index in [1.54, 1.807) is 6.21 Å². The third kappa shape index (κ3) is 6.08. The van der Waals surface area contributed by atoms with Crippen LogP contribution in [0.25, 0.3) is 0 Å². The Morgan fingerprint density at radius 2 is 1.87 bits per heavy atom. The van der Waals surface area contributed by atoms with Crippen LogP contribution < -0.4 is 15.5 Å². The summed E-state index contributed by atoms with van der Waals surface area (Å²) in [6.07, 6.45) is 2.68. The van der Waals surface area contributed by atoms with Crippen molar-refractivity contribution in [2.24, 2.45) is 5.10 Å². The number of benzene rings is 2. The van der Waals surface area contributed by atoms with Gasteiger partial charge in [-0.25, -0.2) is 0 Å². The fraction of sp³-hybridized carbons (Fsp3) is 0.222. The van der Waals surface area contributed by atoms with Crippen LogP contribution in [0.1, 0.15) is 24.5 Å². The molecule has 4 nitrogen and oxygen atoms in total. The molecule has 0 aliphatic heterocycles. The first-order valence-corrected chi connectivity index (χ1v) is 8.03. The van der Waals surface area contributed by atoms with E-state index in [0.717, 1.165) is 17.7 Å². The molecule has 2 rings (SSSR count). The van der Waals surface area contributed by atoms with Crippen molar-refractivity contribution in [1.82, 2.24) is 10.7 Å². The predicted molar refractivity (Wildman–Crippen MR) is 98.8 cm³/mol. The lowest BCUT2D eigenvalue weighted by Crippen LogP contribution is -2.31. The van der Waals surface area contributed by atoms with E-state index in [4.69, 9.17) is 17.0 Å². The number of rotatable bonds is 7. The highest BCUT2D eigenvalue weighted by atomic mass is 32.1. The van der Waals surface area contributed by atoms with E-state index in [-0.39, 0.29) is 0 Å². The Morgan fingerprint density at radius 1 is 1.13 bits per heavy atom. The SMILES string of the molecule is CCCOc1ccccc1/C=N\NC(=S)NCc1ccccc1. The zero-order valence-corrected chi connectivity index (χ0v) is 14.0. The number of nitrogens with zero attached hydrogens (tertiary/aromatic N) is 1. The number of nitrogens with one attached hydrogen (secondary N) is 2. The van der Waals surface area contributed by atoms with Gasteiger partial charge in [0, 0.05) is 12.1 Å². The van der Waals surface area contributed by atoms with E-state index in [2.05, 4.69) is 22.8 Å². The number of hydrogen-bond donors (Lipinski definition) is 2. The van der Waals surface area contributed by atoms with Crippen LogP contribution in [0.5, 0.6) is 5.75 Å². The molecule has 0 heterocycles. The maximum absolute atomic E-state index is 5.68. The topological polar surface area (TPSA) is 45.6 Å². The van der Waals surface area contributed by atoms with Crippen LogP contribution in [0.4, 0.5) is 0 Å². The number of hydrazone groups is 1. The van der Waals surface area contributed by atoms with Crippen molar-refractivity contribution in [2.45, 2.75) is 19.9 Å². The molecule has 2 aromatic carbocycles. The maximum atomic E-state index is 5.68. The highest BCUT2D eigenvalue weighted by molar-refractivity contribution is 7.80. The van der Waals surface area contributed by atoms with E-state index in [9.17, 15) is 0 Å². The van der Waals surface area contributed by atoms with Gasteiger partial charge in [0.25, 0.3) is 0 Å². The van der Waals surface area contributed by atoms with Crippen molar-refractivity contribution >= 4 is 23.5 Å². The van der Waals surface area contributed by atoms with Gasteiger partial charge in [-0.3, -0.25) is 5.43 Å². The lowest BCUT2D eigenvalue weighted by atomic mass is 10.2. The van der Waals surface area contributed by atoms with E-state index in [0.29, 0.717) is 18.3 Å². The maximum Gasteiger partial charge on any atom is 0.187 e. The summed E-state index contributed by atoms with van der Waals surface area (Å²) >= 11 is 5.20. The minimum atomic E-state index is 0.483. The van der Waals surface area contributed by atoms with Crippen LogP contribution in [0, 0.1) is 0 Å². The van der Waals surface area contributed by atoms with Gasteiger partial charge in [-0.15, -0.1) is 0 Å². The molecule has 0 aliphatic rings. The van der Waals surface area contributed by atoms with Crippen molar-refractivity contribution < 1.29 is 4.74 Å². The van der Waals surface area contributed by atoms with Gasteiger partial charge in [-0.2, -0.15) is 5.10 Å². The van der Waals surface area contributed by atoms with E-state index >= 15 is 0 Å². The molecule has 0 aromatic heterocycles. The van der Waals surface area contributed by atoms with Gasteiger partial charge < -0.3 is 10.1 Å². The van der Waals surface area contributed by atoms with Crippen LogP contribution in [0.15, 0.2) is 59.7 Å². The summed E-state index contributed by atoms with van der Waals surface area (Å²) in [5, 5.41) is 7.76. The molecule has 0 aliphatic carbocycles. The molecular weight excluding hydrogens is 306 g/mol. The Morgan fingerprint density at radius 3 is 2.65 bits per heavy atom. The third-order valence-electron chi connectivity index (χ3n) is 3.05. The molecule has 0 fully saturated rings. The molecule has 0 spiro atoms. The molecule has 0 amide bonds. The van der Waals surface area contributed by atoms with Gasteiger partial charge in [0.2, 0.25) is 0 Å². The Kier molecular flexibility index (Phi) is 7.07. The van der Waals surface area contributed by atoms with Crippen LogP contribution >= 0.6 is 12.2 Å². The second-order valence-corrected chi connectivity index (χ2v) is 5.33. The van der Waals surface area contributed by atoms with Gasteiger partial charge in [0.15, 0.2) is 5.11 Å². The summed E-state index contributed by atoms with van der Waals surface area (Å²) in [6.45, 7) is 3.43. The number of hydrogen-bond acceptors (Lipinski definition) is 3. The van der Waals surface area contributed by atoms with Crippen molar-refractivity contribution in [2.75, 3.05) is 6.61 Å². The minimum absolute atomic E-state index is 0.483. The van der Waals surface area contributed by atoms with E-state index in [1.807, 2.05) is 54.6 Å². The molecular formula is C18H21N3OS. The highest BCUT2D eigenvalue weighted by Crippen LogP contribution is 2.15. The molecule has 0 atom stereocenters. The summed E-state index contributed by atoms with van der Waals surface area (Å²) in [4.78, 5) is 0. The zero-order valence-electron chi connectivity index (χ0n) is 13.2. The van der Waals surface area contributed by atoms with Gasteiger partial charge in [-0.05, 0) is 36.3 Å². The average molecular weight is 327 g/mol. The molecule has 0 radical (unpaired) electrons. The minimum Gasteiger partial charge on any atom is -0.493 e. The molecule has 2 aromatic rings. The fourth-order valence-electron chi connectivity index (χ4n) is 1.91. The molecule has 0 saturated heterocycles. The fourth-order valence-corrected chi connectivity index (χ4v) is 2.03. The van der Waals surface area contributed by atoms with Crippen molar-refractivity contribution in [3.8, 4) is 5.75 Å². The first-order valence-electron chi connectivity index (χ1n) is 7.62. The predicted octanol–water partition coefficient (Wildman–Crippen LogP) is 3.47. The number of para-hydroxylation sites is 1. The first-order chi connectivity index (χ1) is 11.3. The van der Waals surface area contributed by atoms with E-state index < -0.39 is 0 Å². The Labute approximate surface area is 142 Å². The molecule has 5 heteroatoms. The zero-order chi connectivity index (χ0) is 16.3. The second kappa shape index (κ2) is 9.58. The molecule has 0 unspecified atom stereocenters. The molecule has 120 valence electrons. The summed E-state index contributed by atoms with van der Waals surface area (Å²) in [5.74, 6) is 0.822. The largest absolute Gasteiger partial charge is 0.493 e. The number of ether oxygens (including phenoxy) is 1.